The Labute approximate surface area is 118 Å². The van der Waals surface area contributed by atoms with E-state index in [0.717, 1.165) is 36.4 Å². The summed E-state index contributed by atoms with van der Waals surface area (Å²) in [7, 11) is 4.12. The van der Waals surface area contributed by atoms with Gasteiger partial charge in [-0.15, -0.1) is 11.6 Å². The molecule has 0 aliphatic heterocycles. The monoisotopic (exact) mass is 276 g/mol. The van der Waals surface area contributed by atoms with Gasteiger partial charge in [0.15, 0.2) is 0 Å². The molecule has 0 radical (unpaired) electrons. The van der Waals surface area contributed by atoms with Crippen molar-refractivity contribution in [3.8, 4) is 6.07 Å². The number of imidazole rings is 1. The zero-order valence-corrected chi connectivity index (χ0v) is 12.0. The highest BCUT2D eigenvalue weighted by Crippen LogP contribution is 2.19. The van der Waals surface area contributed by atoms with Gasteiger partial charge in [0.05, 0.1) is 28.5 Å². The van der Waals surface area contributed by atoms with Crippen LogP contribution in [0.5, 0.6) is 0 Å². The molecule has 1 aromatic carbocycles. The molecule has 0 unspecified atom stereocenters. The van der Waals surface area contributed by atoms with Crippen molar-refractivity contribution < 1.29 is 0 Å². The Hall–Kier alpha value is -1.57. The molecule has 2 aromatic rings. The number of aryl methyl sites for hydroxylation is 1. The summed E-state index contributed by atoms with van der Waals surface area (Å²) in [6.45, 7) is 1.88. The van der Waals surface area contributed by atoms with Crippen LogP contribution in [-0.2, 0) is 12.4 Å². The van der Waals surface area contributed by atoms with Crippen molar-refractivity contribution in [1.82, 2.24) is 14.5 Å². The van der Waals surface area contributed by atoms with Gasteiger partial charge in [-0.05, 0) is 45.3 Å². The molecule has 100 valence electrons. The van der Waals surface area contributed by atoms with Crippen LogP contribution in [0.15, 0.2) is 18.2 Å². The fraction of sp³-hybridized carbons (Fsp3) is 0.429. The van der Waals surface area contributed by atoms with E-state index in [0.29, 0.717) is 11.4 Å². The molecule has 1 aromatic heterocycles. The second kappa shape index (κ2) is 6.05. The summed E-state index contributed by atoms with van der Waals surface area (Å²) in [5.74, 6) is 1.25. The Balaban J connectivity index is 2.35. The van der Waals surface area contributed by atoms with Gasteiger partial charge in [0.1, 0.15) is 5.82 Å². The first-order valence-electron chi connectivity index (χ1n) is 6.25. The third-order valence-electron chi connectivity index (χ3n) is 3.06. The second-order valence-corrected chi connectivity index (χ2v) is 5.05. The van der Waals surface area contributed by atoms with Crippen LogP contribution in [0.1, 0.15) is 17.8 Å². The molecule has 4 nitrogen and oxygen atoms in total. The van der Waals surface area contributed by atoms with Gasteiger partial charge in [-0.2, -0.15) is 5.26 Å². The fourth-order valence-corrected chi connectivity index (χ4v) is 2.34. The number of benzene rings is 1. The van der Waals surface area contributed by atoms with Crippen molar-refractivity contribution in [2.24, 2.45) is 0 Å². The van der Waals surface area contributed by atoms with Crippen molar-refractivity contribution in [3.63, 3.8) is 0 Å². The van der Waals surface area contributed by atoms with E-state index >= 15 is 0 Å². The topological polar surface area (TPSA) is 44.9 Å². The van der Waals surface area contributed by atoms with Crippen LogP contribution >= 0.6 is 11.6 Å². The van der Waals surface area contributed by atoms with Gasteiger partial charge in [0, 0.05) is 6.54 Å². The third kappa shape index (κ3) is 3.06. The summed E-state index contributed by atoms with van der Waals surface area (Å²) in [4.78, 5) is 6.67. The minimum absolute atomic E-state index is 0.387. The summed E-state index contributed by atoms with van der Waals surface area (Å²) in [5.41, 5.74) is 2.55. The molecule has 0 saturated carbocycles. The fourth-order valence-electron chi connectivity index (χ4n) is 2.14. The highest BCUT2D eigenvalue weighted by atomic mass is 35.5. The van der Waals surface area contributed by atoms with E-state index in [1.807, 2.05) is 12.1 Å². The Morgan fingerprint density at radius 2 is 2.21 bits per heavy atom. The van der Waals surface area contributed by atoms with Crippen LogP contribution in [0.3, 0.4) is 0 Å². The molecule has 0 amide bonds. The average molecular weight is 277 g/mol. The van der Waals surface area contributed by atoms with Gasteiger partial charge in [-0.25, -0.2) is 4.98 Å². The molecular weight excluding hydrogens is 260 g/mol. The van der Waals surface area contributed by atoms with E-state index in [9.17, 15) is 0 Å². The summed E-state index contributed by atoms with van der Waals surface area (Å²) in [6.07, 6.45) is 1.03. The van der Waals surface area contributed by atoms with E-state index in [-0.39, 0.29) is 0 Å². The van der Waals surface area contributed by atoms with Crippen LogP contribution in [0.4, 0.5) is 0 Å². The summed E-state index contributed by atoms with van der Waals surface area (Å²) >= 11 is 5.96. The summed E-state index contributed by atoms with van der Waals surface area (Å²) < 4.78 is 2.12. The highest BCUT2D eigenvalue weighted by molar-refractivity contribution is 6.16. The van der Waals surface area contributed by atoms with Crippen LogP contribution in [0.25, 0.3) is 11.0 Å². The molecular formula is C14H17ClN4. The molecule has 0 atom stereocenters. The lowest BCUT2D eigenvalue weighted by atomic mass is 10.2. The minimum Gasteiger partial charge on any atom is -0.327 e. The molecule has 0 aliphatic rings. The maximum Gasteiger partial charge on any atom is 0.124 e. The molecule has 0 N–H and O–H groups in total. The zero-order chi connectivity index (χ0) is 13.8. The number of alkyl halides is 1. The maximum absolute atomic E-state index is 8.99. The molecule has 0 fully saturated rings. The van der Waals surface area contributed by atoms with Crippen molar-refractivity contribution in [2.75, 3.05) is 20.6 Å². The summed E-state index contributed by atoms with van der Waals surface area (Å²) in [5, 5.41) is 8.99. The lowest BCUT2D eigenvalue weighted by Crippen LogP contribution is -2.15. The van der Waals surface area contributed by atoms with E-state index in [1.165, 1.54) is 0 Å². The molecule has 1 heterocycles. The Morgan fingerprint density at radius 3 is 2.84 bits per heavy atom. The van der Waals surface area contributed by atoms with E-state index in [2.05, 4.69) is 34.6 Å². The van der Waals surface area contributed by atoms with Crippen molar-refractivity contribution in [1.29, 1.82) is 5.26 Å². The average Bonchev–Trinajstić information content (AvgIpc) is 2.75. The van der Waals surface area contributed by atoms with Crippen LogP contribution in [-0.4, -0.2) is 35.1 Å². The molecule has 0 saturated heterocycles. The molecule has 0 aliphatic carbocycles. The second-order valence-electron chi connectivity index (χ2n) is 4.79. The van der Waals surface area contributed by atoms with Gasteiger partial charge < -0.3 is 9.47 Å². The quantitative estimate of drug-likeness (QED) is 0.789. The number of nitriles is 1. The van der Waals surface area contributed by atoms with Crippen molar-refractivity contribution in [3.05, 3.63) is 29.6 Å². The number of fused-ring (bicyclic) bond motifs is 1. The smallest absolute Gasteiger partial charge is 0.124 e. The largest absolute Gasteiger partial charge is 0.327 e. The first-order valence-corrected chi connectivity index (χ1v) is 6.79. The molecule has 5 heteroatoms. The Morgan fingerprint density at radius 1 is 1.42 bits per heavy atom. The molecule has 0 bridgehead atoms. The van der Waals surface area contributed by atoms with Gasteiger partial charge in [-0.3, -0.25) is 0 Å². The van der Waals surface area contributed by atoms with Crippen molar-refractivity contribution >= 4 is 22.6 Å². The van der Waals surface area contributed by atoms with Crippen LogP contribution < -0.4 is 0 Å². The number of aromatic nitrogens is 2. The first-order chi connectivity index (χ1) is 9.15. The predicted octanol–water partition coefficient (Wildman–Crippen LogP) is 2.60. The Kier molecular flexibility index (Phi) is 4.41. The number of rotatable bonds is 5. The van der Waals surface area contributed by atoms with Crippen molar-refractivity contribution in [2.45, 2.75) is 18.8 Å². The van der Waals surface area contributed by atoms with Crippen LogP contribution in [0.2, 0.25) is 0 Å². The lowest BCUT2D eigenvalue weighted by molar-refractivity contribution is 0.386. The van der Waals surface area contributed by atoms with E-state index < -0.39 is 0 Å². The maximum atomic E-state index is 8.99. The number of halogens is 1. The predicted molar refractivity (Wildman–Crippen MR) is 77.2 cm³/mol. The minimum atomic E-state index is 0.387. The molecule has 0 spiro atoms. The lowest BCUT2D eigenvalue weighted by Gasteiger charge is -2.11. The Bertz CT molecular complexity index is 610. The molecule has 2 rings (SSSR count). The number of nitrogens with zero attached hydrogens (tertiary/aromatic N) is 4. The van der Waals surface area contributed by atoms with E-state index in [1.54, 1.807) is 6.07 Å². The standard InChI is InChI=1S/C14H17ClN4/c1-18(2)6-3-7-19-13-8-11(10-16)4-5-12(13)17-14(19)9-15/h4-5,8H,3,6-7,9H2,1-2H3. The normalized spacial score (nSPS) is 11.1. The highest BCUT2D eigenvalue weighted by Gasteiger charge is 2.10. The SMILES string of the molecule is CN(C)CCCn1c(CCl)nc2ccc(C#N)cc21. The van der Waals surface area contributed by atoms with E-state index in [4.69, 9.17) is 16.9 Å². The van der Waals surface area contributed by atoms with Crippen LogP contribution in [0, 0.1) is 11.3 Å². The number of hydrogen-bond donors (Lipinski definition) is 0. The van der Waals surface area contributed by atoms with Gasteiger partial charge in [0.2, 0.25) is 0 Å². The first kappa shape index (κ1) is 13.9. The summed E-state index contributed by atoms with van der Waals surface area (Å²) in [6, 6.07) is 7.72. The van der Waals surface area contributed by atoms with Gasteiger partial charge in [-0.1, -0.05) is 0 Å². The molecule has 19 heavy (non-hydrogen) atoms. The van der Waals surface area contributed by atoms with Gasteiger partial charge in [0.25, 0.3) is 0 Å². The number of hydrogen-bond acceptors (Lipinski definition) is 3. The third-order valence-corrected chi connectivity index (χ3v) is 3.30. The zero-order valence-electron chi connectivity index (χ0n) is 11.2. The van der Waals surface area contributed by atoms with Gasteiger partial charge >= 0.3 is 0 Å².